The van der Waals surface area contributed by atoms with Crippen LogP contribution in [0.25, 0.3) is 11.7 Å². The minimum absolute atomic E-state index is 0.0965. The summed E-state index contributed by atoms with van der Waals surface area (Å²) in [6.07, 6.45) is 12.1. The predicted molar refractivity (Wildman–Crippen MR) is 140 cm³/mol. The number of pyridine rings is 2. The zero-order chi connectivity index (χ0) is 24.0. The first-order valence-corrected chi connectivity index (χ1v) is 12.4. The molecular formula is C29H31N5O. The third-order valence-corrected chi connectivity index (χ3v) is 6.63. The normalized spacial score (nSPS) is 14.2. The third kappa shape index (κ3) is 5.33. The standard InChI is InChI=1S/C29H31N5O/c1-23-27(13-9-20-32-18-7-8-19-32)31-28-15-14-26(22-34(23)28)33(21-16-25-12-5-6-17-30-25)29(35)24-10-3-2-4-11-24/h2-6,10-12,14-17,21-22H,7-9,13,18-20H2,1H3/b21-16+. The van der Waals surface area contributed by atoms with Gasteiger partial charge in [0, 0.05) is 29.9 Å². The molecule has 0 radical (unpaired) electrons. The summed E-state index contributed by atoms with van der Waals surface area (Å²) in [7, 11) is 0. The number of anilines is 1. The summed E-state index contributed by atoms with van der Waals surface area (Å²) in [5.41, 5.74) is 5.36. The van der Waals surface area contributed by atoms with E-state index in [0.29, 0.717) is 5.56 Å². The summed E-state index contributed by atoms with van der Waals surface area (Å²) < 4.78 is 2.10. The van der Waals surface area contributed by atoms with Crippen molar-refractivity contribution in [2.75, 3.05) is 24.5 Å². The molecule has 4 aromatic rings. The van der Waals surface area contributed by atoms with Crippen LogP contribution >= 0.6 is 0 Å². The van der Waals surface area contributed by atoms with Crippen LogP contribution in [0.4, 0.5) is 5.69 Å². The van der Waals surface area contributed by atoms with Crippen LogP contribution in [0.15, 0.2) is 79.3 Å². The molecule has 1 aromatic carbocycles. The van der Waals surface area contributed by atoms with Gasteiger partial charge in [-0.3, -0.25) is 14.7 Å². The Labute approximate surface area is 206 Å². The molecule has 178 valence electrons. The van der Waals surface area contributed by atoms with Crippen LogP contribution in [0.1, 0.15) is 46.7 Å². The minimum Gasteiger partial charge on any atom is -0.303 e. The summed E-state index contributed by atoms with van der Waals surface area (Å²) >= 11 is 0. The van der Waals surface area contributed by atoms with Crippen LogP contribution in [0.3, 0.4) is 0 Å². The summed E-state index contributed by atoms with van der Waals surface area (Å²) in [4.78, 5) is 27.0. The Morgan fingerprint density at radius 3 is 2.60 bits per heavy atom. The molecule has 6 heteroatoms. The molecule has 6 nitrogen and oxygen atoms in total. The van der Waals surface area contributed by atoms with Crippen molar-refractivity contribution < 1.29 is 4.79 Å². The lowest BCUT2D eigenvalue weighted by Crippen LogP contribution is -2.25. The van der Waals surface area contributed by atoms with Crippen LogP contribution < -0.4 is 4.90 Å². The van der Waals surface area contributed by atoms with Crippen molar-refractivity contribution in [2.45, 2.75) is 32.6 Å². The molecule has 5 rings (SSSR count). The van der Waals surface area contributed by atoms with Crippen molar-refractivity contribution >= 4 is 23.3 Å². The molecule has 0 unspecified atom stereocenters. The lowest BCUT2D eigenvalue weighted by Gasteiger charge is -2.19. The van der Waals surface area contributed by atoms with Gasteiger partial charge in [0.05, 0.1) is 17.1 Å². The summed E-state index contributed by atoms with van der Waals surface area (Å²) in [5, 5.41) is 0. The van der Waals surface area contributed by atoms with Crippen molar-refractivity contribution in [1.29, 1.82) is 0 Å². The Balaban J connectivity index is 1.43. The van der Waals surface area contributed by atoms with E-state index in [9.17, 15) is 4.79 Å². The highest BCUT2D eigenvalue weighted by Gasteiger charge is 2.18. The van der Waals surface area contributed by atoms with E-state index in [1.807, 2.05) is 72.9 Å². The quantitative estimate of drug-likeness (QED) is 0.350. The predicted octanol–water partition coefficient (Wildman–Crippen LogP) is 5.38. The summed E-state index contributed by atoms with van der Waals surface area (Å²) in [6, 6.07) is 19.0. The van der Waals surface area contributed by atoms with Crippen LogP contribution in [0.2, 0.25) is 0 Å². The van der Waals surface area contributed by atoms with Crippen molar-refractivity contribution in [1.82, 2.24) is 19.3 Å². The maximum Gasteiger partial charge on any atom is 0.262 e. The second-order valence-corrected chi connectivity index (χ2v) is 9.02. The van der Waals surface area contributed by atoms with E-state index in [4.69, 9.17) is 4.98 Å². The van der Waals surface area contributed by atoms with Crippen molar-refractivity contribution in [3.8, 4) is 0 Å². The number of rotatable bonds is 8. The van der Waals surface area contributed by atoms with Crippen molar-refractivity contribution in [2.24, 2.45) is 0 Å². The molecular weight excluding hydrogens is 434 g/mol. The molecule has 4 heterocycles. The lowest BCUT2D eigenvalue weighted by molar-refractivity contribution is 0.0998. The van der Waals surface area contributed by atoms with Gasteiger partial charge < -0.3 is 9.30 Å². The molecule has 1 aliphatic rings. The largest absolute Gasteiger partial charge is 0.303 e. The van der Waals surface area contributed by atoms with Gasteiger partial charge in [-0.15, -0.1) is 0 Å². The van der Waals surface area contributed by atoms with Crippen molar-refractivity contribution in [3.05, 3.63) is 102 Å². The molecule has 1 saturated heterocycles. The van der Waals surface area contributed by atoms with Gasteiger partial charge in [0.25, 0.3) is 5.91 Å². The zero-order valence-electron chi connectivity index (χ0n) is 20.2. The van der Waals surface area contributed by atoms with E-state index in [1.165, 1.54) is 25.9 Å². The highest BCUT2D eigenvalue weighted by molar-refractivity contribution is 6.07. The van der Waals surface area contributed by atoms with Gasteiger partial charge in [0.2, 0.25) is 0 Å². The number of hydrogen-bond acceptors (Lipinski definition) is 4. The van der Waals surface area contributed by atoms with Crippen LogP contribution in [-0.4, -0.2) is 44.8 Å². The Bertz CT molecular complexity index is 1310. The molecule has 0 spiro atoms. The van der Waals surface area contributed by atoms with Crippen LogP contribution in [0.5, 0.6) is 0 Å². The van der Waals surface area contributed by atoms with Gasteiger partial charge in [-0.1, -0.05) is 24.3 Å². The fraction of sp³-hybridized carbons (Fsp3) is 0.276. The number of fused-ring (bicyclic) bond motifs is 1. The second kappa shape index (κ2) is 10.7. The van der Waals surface area contributed by atoms with Crippen molar-refractivity contribution in [3.63, 3.8) is 0 Å². The monoisotopic (exact) mass is 465 g/mol. The van der Waals surface area contributed by atoms with Gasteiger partial charge in [0.1, 0.15) is 5.65 Å². The highest BCUT2D eigenvalue weighted by atomic mass is 16.2. The van der Waals surface area contributed by atoms with E-state index in [0.717, 1.165) is 47.8 Å². The first kappa shape index (κ1) is 23.0. The topological polar surface area (TPSA) is 53.7 Å². The van der Waals surface area contributed by atoms with Gasteiger partial charge >= 0.3 is 0 Å². The van der Waals surface area contributed by atoms with Crippen LogP contribution in [-0.2, 0) is 6.42 Å². The molecule has 35 heavy (non-hydrogen) atoms. The Kier molecular flexibility index (Phi) is 7.00. The number of aryl methyl sites for hydroxylation is 2. The maximum atomic E-state index is 13.5. The molecule has 0 bridgehead atoms. The average molecular weight is 466 g/mol. The minimum atomic E-state index is -0.0965. The maximum absolute atomic E-state index is 13.5. The van der Waals surface area contributed by atoms with E-state index >= 15 is 0 Å². The third-order valence-electron chi connectivity index (χ3n) is 6.63. The number of imidazole rings is 1. The Morgan fingerprint density at radius 2 is 1.83 bits per heavy atom. The fourth-order valence-electron chi connectivity index (χ4n) is 4.67. The first-order chi connectivity index (χ1) is 17.2. The molecule has 1 aliphatic heterocycles. The van der Waals surface area contributed by atoms with E-state index in [1.54, 1.807) is 17.3 Å². The molecule has 0 atom stereocenters. The van der Waals surface area contributed by atoms with Gasteiger partial charge in [-0.25, -0.2) is 4.98 Å². The average Bonchev–Trinajstić information content (AvgIpc) is 3.53. The summed E-state index contributed by atoms with van der Waals surface area (Å²) in [5.74, 6) is -0.0965. The molecule has 1 amide bonds. The molecule has 3 aromatic heterocycles. The molecule has 1 fully saturated rings. The lowest BCUT2D eigenvalue weighted by atomic mass is 10.2. The number of benzene rings is 1. The summed E-state index contributed by atoms with van der Waals surface area (Å²) in [6.45, 7) is 5.70. The Hall–Kier alpha value is -3.77. The van der Waals surface area contributed by atoms with E-state index < -0.39 is 0 Å². The SMILES string of the molecule is Cc1c(CCCN2CCCC2)nc2ccc(N(/C=C/c3ccccn3)C(=O)c3ccccc3)cn12. The number of carbonyl (C=O) groups excluding carboxylic acids is 1. The number of amides is 1. The van der Waals surface area contributed by atoms with Gasteiger partial charge in [-0.2, -0.15) is 0 Å². The van der Waals surface area contributed by atoms with E-state index in [-0.39, 0.29) is 5.91 Å². The first-order valence-electron chi connectivity index (χ1n) is 12.4. The number of hydrogen-bond donors (Lipinski definition) is 0. The number of aromatic nitrogens is 3. The van der Waals surface area contributed by atoms with Gasteiger partial charge in [0.15, 0.2) is 0 Å². The molecule has 0 saturated carbocycles. The van der Waals surface area contributed by atoms with Crippen LogP contribution in [0, 0.1) is 6.92 Å². The second-order valence-electron chi connectivity index (χ2n) is 9.02. The Morgan fingerprint density at radius 1 is 1.03 bits per heavy atom. The fourth-order valence-corrected chi connectivity index (χ4v) is 4.67. The zero-order valence-corrected chi connectivity index (χ0v) is 20.2. The van der Waals surface area contributed by atoms with E-state index in [2.05, 4.69) is 21.2 Å². The number of likely N-dealkylation sites (tertiary alicyclic amines) is 1. The number of carbonyl (C=O) groups is 1. The molecule has 0 N–H and O–H groups in total. The highest BCUT2D eigenvalue weighted by Crippen LogP contribution is 2.23. The molecule has 0 aliphatic carbocycles. The van der Waals surface area contributed by atoms with Gasteiger partial charge in [-0.05, 0) is 94.7 Å². The smallest absolute Gasteiger partial charge is 0.262 e. The number of nitrogens with zero attached hydrogens (tertiary/aromatic N) is 5.